The molecule has 0 bridgehead atoms. The van der Waals surface area contributed by atoms with Crippen LogP contribution in [0.15, 0.2) is 34.9 Å². The number of hydrogen-bond acceptors (Lipinski definition) is 3. The van der Waals surface area contributed by atoms with Gasteiger partial charge in [-0.2, -0.15) is 0 Å². The molecule has 1 fully saturated rings. The molecule has 0 aliphatic carbocycles. The highest BCUT2D eigenvalue weighted by molar-refractivity contribution is 9.10. The smallest absolute Gasteiger partial charge is 0.136 e. The van der Waals surface area contributed by atoms with E-state index in [1.165, 1.54) is 23.6 Å². The Bertz CT molecular complexity index is 591. The van der Waals surface area contributed by atoms with Crippen LogP contribution >= 0.6 is 15.9 Å². The Morgan fingerprint density at radius 2 is 2.00 bits per heavy atom. The minimum atomic E-state index is 0.790. The quantitative estimate of drug-likeness (QED) is 0.933. The second kappa shape index (κ2) is 6.10. The summed E-state index contributed by atoms with van der Waals surface area (Å²) in [5, 5.41) is 2.47. The fourth-order valence-corrected chi connectivity index (χ4v) is 3.57. The molecule has 1 aromatic heterocycles. The Morgan fingerprint density at radius 1 is 1.20 bits per heavy atom. The highest BCUT2D eigenvalue weighted by Gasteiger charge is 2.21. The summed E-state index contributed by atoms with van der Waals surface area (Å²) in [6.07, 6.45) is 5.52. The molecule has 20 heavy (non-hydrogen) atoms. The third-order valence-corrected chi connectivity index (χ3v) is 4.91. The molecule has 3 rings (SSSR count). The maximum atomic E-state index is 5.67. The summed E-state index contributed by atoms with van der Waals surface area (Å²) < 4.78 is 1.14. The maximum Gasteiger partial charge on any atom is 0.136 e. The summed E-state index contributed by atoms with van der Waals surface area (Å²) in [5.41, 5.74) is 5.67. The number of halogens is 1. The monoisotopic (exact) mass is 333 g/mol. The first-order chi connectivity index (χ1) is 9.79. The highest BCUT2D eigenvalue weighted by atomic mass is 79.9. The molecule has 1 aromatic carbocycles. The minimum absolute atomic E-state index is 0.790. The summed E-state index contributed by atoms with van der Waals surface area (Å²) in [6.45, 7) is 2.98. The van der Waals surface area contributed by atoms with Gasteiger partial charge in [0.25, 0.3) is 0 Å². The molecule has 3 nitrogen and oxygen atoms in total. The zero-order valence-electron chi connectivity index (χ0n) is 11.6. The zero-order chi connectivity index (χ0) is 13.9. The van der Waals surface area contributed by atoms with Gasteiger partial charge in [-0.25, -0.2) is 4.98 Å². The Hall–Kier alpha value is -1.13. The normalized spacial score (nSPS) is 16.8. The molecular formula is C16H20BrN3. The Morgan fingerprint density at radius 3 is 2.75 bits per heavy atom. The average molecular weight is 334 g/mol. The van der Waals surface area contributed by atoms with Crippen LogP contribution in [0.25, 0.3) is 10.8 Å². The van der Waals surface area contributed by atoms with Gasteiger partial charge in [0, 0.05) is 34.5 Å². The average Bonchev–Trinajstić information content (AvgIpc) is 2.48. The van der Waals surface area contributed by atoms with Crippen molar-refractivity contribution in [2.45, 2.75) is 19.3 Å². The SMILES string of the molecule is NCCC1CCN(c2nccc3c(Br)cccc23)CC1. The van der Waals surface area contributed by atoms with Crippen molar-refractivity contribution in [2.75, 3.05) is 24.5 Å². The number of nitrogens with zero attached hydrogens (tertiary/aromatic N) is 2. The molecule has 1 saturated heterocycles. The lowest BCUT2D eigenvalue weighted by atomic mass is 9.93. The third-order valence-electron chi connectivity index (χ3n) is 4.22. The van der Waals surface area contributed by atoms with Gasteiger partial charge in [0.05, 0.1) is 0 Å². The lowest BCUT2D eigenvalue weighted by Crippen LogP contribution is -2.34. The van der Waals surface area contributed by atoms with Crippen molar-refractivity contribution in [1.29, 1.82) is 0 Å². The number of aromatic nitrogens is 1. The van der Waals surface area contributed by atoms with Gasteiger partial charge < -0.3 is 10.6 Å². The van der Waals surface area contributed by atoms with E-state index < -0.39 is 0 Å². The molecule has 0 saturated carbocycles. The van der Waals surface area contributed by atoms with Crippen LogP contribution in [0.2, 0.25) is 0 Å². The lowest BCUT2D eigenvalue weighted by molar-refractivity contribution is 0.385. The van der Waals surface area contributed by atoms with Gasteiger partial charge in [-0.15, -0.1) is 0 Å². The Balaban J connectivity index is 1.86. The van der Waals surface area contributed by atoms with Gasteiger partial charge in [-0.3, -0.25) is 0 Å². The number of anilines is 1. The molecule has 4 heteroatoms. The first kappa shape index (κ1) is 13.8. The van der Waals surface area contributed by atoms with E-state index in [1.807, 2.05) is 6.20 Å². The summed E-state index contributed by atoms with van der Waals surface area (Å²) in [7, 11) is 0. The Kier molecular flexibility index (Phi) is 4.22. The molecule has 2 N–H and O–H groups in total. The van der Waals surface area contributed by atoms with Crippen LogP contribution in [0, 0.1) is 5.92 Å². The van der Waals surface area contributed by atoms with E-state index in [9.17, 15) is 0 Å². The van der Waals surface area contributed by atoms with E-state index in [0.29, 0.717) is 0 Å². The summed E-state index contributed by atoms with van der Waals surface area (Å²) in [4.78, 5) is 7.04. The molecule has 0 spiro atoms. The number of benzene rings is 1. The predicted molar refractivity (Wildman–Crippen MR) is 88.1 cm³/mol. The number of fused-ring (bicyclic) bond motifs is 1. The van der Waals surface area contributed by atoms with Gasteiger partial charge >= 0.3 is 0 Å². The van der Waals surface area contributed by atoms with E-state index in [1.54, 1.807) is 0 Å². The molecule has 0 amide bonds. The van der Waals surface area contributed by atoms with Crippen LogP contribution in [0.1, 0.15) is 19.3 Å². The van der Waals surface area contributed by atoms with Crippen molar-refractivity contribution >= 4 is 32.5 Å². The van der Waals surface area contributed by atoms with Crippen LogP contribution < -0.4 is 10.6 Å². The van der Waals surface area contributed by atoms with Crippen molar-refractivity contribution in [3.8, 4) is 0 Å². The van der Waals surface area contributed by atoms with Crippen LogP contribution in [-0.4, -0.2) is 24.6 Å². The van der Waals surface area contributed by atoms with E-state index in [-0.39, 0.29) is 0 Å². The number of pyridine rings is 1. The van der Waals surface area contributed by atoms with Crippen LogP contribution in [-0.2, 0) is 0 Å². The molecule has 1 aliphatic heterocycles. The maximum absolute atomic E-state index is 5.67. The highest BCUT2D eigenvalue weighted by Crippen LogP contribution is 2.32. The molecule has 1 aliphatic rings. The van der Waals surface area contributed by atoms with Crippen molar-refractivity contribution in [2.24, 2.45) is 11.7 Å². The second-order valence-electron chi connectivity index (χ2n) is 5.48. The van der Waals surface area contributed by atoms with Crippen molar-refractivity contribution in [1.82, 2.24) is 4.98 Å². The van der Waals surface area contributed by atoms with E-state index in [2.05, 4.69) is 50.1 Å². The van der Waals surface area contributed by atoms with Crippen LogP contribution in [0.5, 0.6) is 0 Å². The summed E-state index contributed by atoms with van der Waals surface area (Å²) in [6, 6.07) is 8.40. The van der Waals surface area contributed by atoms with Crippen molar-refractivity contribution < 1.29 is 0 Å². The number of hydrogen-bond donors (Lipinski definition) is 1. The van der Waals surface area contributed by atoms with Crippen molar-refractivity contribution in [3.05, 3.63) is 34.9 Å². The van der Waals surface area contributed by atoms with E-state index >= 15 is 0 Å². The molecule has 0 atom stereocenters. The fourth-order valence-electron chi connectivity index (χ4n) is 3.07. The van der Waals surface area contributed by atoms with Crippen LogP contribution in [0.3, 0.4) is 0 Å². The Labute approximate surface area is 128 Å². The predicted octanol–water partition coefficient (Wildman–Crippen LogP) is 3.56. The first-order valence-electron chi connectivity index (χ1n) is 7.28. The molecular weight excluding hydrogens is 314 g/mol. The van der Waals surface area contributed by atoms with Gasteiger partial charge in [-0.05, 0) is 43.9 Å². The van der Waals surface area contributed by atoms with Gasteiger partial charge in [0.2, 0.25) is 0 Å². The fraction of sp³-hybridized carbons (Fsp3) is 0.438. The number of nitrogens with two attached hydrogens (primary N) is 1. The van der Waals surface area contributed by atoms with Gasteiger partial charge in [0.15, 0.2) is 0 Å². The summed E-state index contributed by atoms with van der Waals surface area (Å²) in [5.74, 6) is 1.91. The minimum Gasteiger partial charge on any atom is -0.356 e. The number of piperidine rings is 1. The first-order valence-corrected chi connectivity index (χ1v) is 8.07. The van der Waals surface area contributed by atoms with E-state index in [0.717, 1.165) is 42.3 Å². The molecule has 2 aromatic rings. The molecule has 0 unspecified atom stereocenters. The second-order valence-corrected chi connectivity index (χ2v) is 6.33. The topological polar surface area (TPSA) is 42.1 Å². The molecule has 0 radical (unpaired) electrons. The number of rotatable bonds is 3. The van der Waals surface area contributed by atoms with Crippen LogP contribution in [0.4, 0.5) is 5.82 Å². The zero-order valence-corrected chi connectivity index (χ0v) is 13.1. The van der Waals surface area contributed by atoms with E-state index in [4.69, 9.17) is 5.73 Å². The largest absolute Gasteiger partial charge is 0.356 e. The van der Waals surface area contributed by atoms with Gasteiger partial charge in [-0.1, -0.05) is 28.1 Å². The third kappa shape index (κ3) is 2.67. The molecule has 106 valence electrons. The lowest BCUT2D eigenvalue weighted by Gasteiger charge is -2.33. The van der Waals surface area contributed by atoms with Crippen molar-refractivity contribution in [3.63, 3.8) is 0 Å². The standard InChI is InChI=1S/C16H20BrN3/c17-15-3-1-2-14-13(15)5-9-19-16(14)20-10-6-12(4-8-18)7-11-20/h1-3,5,9,12H,4,6-8,10-11,18H2. The van der Waals surface area contributed by atoms with Gasteiger partial charge in [0.1, 0.15) is 5.82 Å². The summed E-state index contributed by atoms with van der Waals surface area (Å²) >= 11 is 3.62. The molecule has 2 heterocycles.